The Kier molecular flexibility index (Phi) is 10.7. The predicted octanol–water partition coefficient (Wildman–Crippen LogP) is 5.87. The van der Waals surface area contributed by atoms with Crippen molar-refractivity contribution >= 4 is 46.8 Å². The van der Waals surface area contributed by atoms with Crippen LogP contribution < -0.4 is 5.32 Å². The third-order valence-electron chi connectivity index (χ3n) is 5.00. The van der Waals surface area contributed by atoms with Gasteiger partial charge in [-0.3, -0.25) is 9.59 Å². The first-order valence-electron chi connectivity index (χ1n) is 10.5. The van der Waals surface area contributed by atoms with Gasteiger partial charge in [-0.2, -0.15) is 0 Å². The van der Waals surface area contributed by atoms with E-state index >= 15 is 0 Å². The minimum atomic E-state index is -0.628. The van der Waals surface area contributed by atoms with Crippen LogP contribution in [0.3, 0.4) is 0 Å². The van der Waals surface area contributed by atoms with Crippen molar-refractivity contribution in [3.05, 3.63) is 69.2 Å². The number of hydrogen-bond acceptors (Lipinski definition) is 3. The molecule has 0 saturated carbocycles. The summed E-state index contributed by atoms with van der Waals surface area (Å²) in [7, 11) is 0. The highest BCUT2D eigenvalue weighted by Crippen LogP contribution is 2.27. The molecule has 0 heterocycles. The van der Waals surface area contributed by atoms with Crippen molar-refractivity contribution in [3.8, 4) is 0 Å². The van der Waals surface area contributed by atoms with E-state index in [1.165, 1.54) is 17.3 Å². The minimum Gasteiger partial charge on any atom is -0.354 e. The number of carbonyl (C=O) groups is 2. The summed E-state index contributed by atoms with van der Waals surface area (Å²) < 4.78 is 0. The molecule has 0 fully saturated rings. The third-order valence-corrected chi connectivity index (χ3v) is 6.70. The monoisotopic (exact) mass is 480 g/mol. The van der Waals surface area contributed by atoms with Gasteiger partial charge in [-0.1, -0.05) is 72.4 Å². The molecule has 2 aromatic carbocycles. The zero-order valence-corrected chi connectivity index (χ0v) is 20.6. The summed E-state index contributed by atoms with van der Waals surface area (Å²) in [5.74, 6) is 0.700. The van der Waals surface area contributed by atoms with Crippen LogP contribution in [0.4, 0.5) is 0 Å². The summed E-state index contributed by atoms with van der Waals surface area (Å²) in [6.07, 6.45) is 1.89. The molecule has 2 amide bonds. The fraction of sp³-hybridized carbons (Fsp3) is 0.417. The van der Waals surface area contributed by atoms with E-state index in [4.69, 9.17) is 23.2 Å². The average molecular weight is 481 g/mol. The van der Waals surface area contributed by atoms with Crippen LogP contribution in [-0.4, -0.2) is 35.1 Å². The lowest BCUT2D eigenvalue weighted by molar-refractivity contribution is -0.138. The Balaban J connectivity index is 2.10. The number of aryl methyl sites for hydroxylation is 1. The summed E-state index contributed by atoms with van der Waals surface area (Å²) in [6, 6.07) is 12.9. The van der Waals surface area contributed by atoms with Gasteiger partial charge in [0, 0.05) is 34.5 Å². The SMILES string of the molecule is CCCCNC(=O)C(C)N(Cc1c(Cl)cccc1Cl)C(=O)CSCc1ccc(C)cc1. The normalized spacial score (nSPS) is 11.8. The number of nitrogens with zero attached hydrogens (tertiary/aromatic N) is 1. The number of rotatable bonds is 11. The molecule has 0 radical (unpaired) electrons. The van der Waals surface area contributed by atoms with Crippen molar-refractivity contribution in [1.82, 2.24) is 10.2 Å². The molecule has 0 aromatic heterocycles. The molecule has 168 valence electrons. The van der Waals surface area contributed by atoms with Crippen LogP contribution in [0, 0.1) is 6.92 Å². The van der Waals surface area contributed by atoms with Gasteiger partial charge in [0.05, 0.1) is 5.75 Å². The number of unbranched alkanes of at least 4 members (excludes halogenated alkanes) is 1. The topological polar surface area (TPSA) is 49.4 Å². The van der Waals surface area contributed by atoms with Crippen molar-refractivity contribution < 1.29 is 9.59 Å². The lowest BCUT2D eigenvalue weighted by Crippen LogP contribution is -2.48. The molecule has 0 aliphatic carbocycles. The van der Waals surface area contributed by atoms with Crippen LogP contribution in [0.15, 0.2) is 42.5 Å². The molecule has 2 aromatic rings. The van der Waals surface area contributed by atoms with Gasteiger partial charge >= 0.3 is 0 Å². The standard InChI is InChI=1S/C24H30Cl2N2O2S/c1-4-5-13-27-24(30)18(3)28(14-20-21(25)7-6-8-22(20)26)23(29)16-31-15-19-11-9-17(2)10-12-19/h6-12,18H,4-5,13-16H2,1-3H3,(H,27,30). The zero-order valence-electron chi connectivity index (χ0n) is 18.3. The van der Waals surface area contributed by atoms with Crippen LogP contribution >= 0.6 is 35.0 Å². The van der Waals surface area contributed by atoms with Crippen LogP contribution in [0.5, 0.6) is 0 Å². The largest absolute Gasteiger partial charge is 0.354 e. The Morgan fingerprint density at radius 2 is 1.74 bits per heavy atom. The minimum absolute atomic E-state index is 0.119. The number of thioether (sulfide) groups is 1. The smallest absolute Gasteiger partial charge is 0.242 e. The van der Waals surface area contributed by atoms with E-state index in [1.54, 1.807) is 30.0 Å². The van der Waals surface area contributed by atoms with Crippen LogP contribution in [0.25, 0.3) is 0 Å². The Morgan fingerprint density at radius 1 is 1.10 bits per heavy atom. The number of benzene rings is 2. The number of carbonyl (C=O) groups excluding carboxylic acids is 2. The molecule has 1 N–H and O–H groups in total. The van der Waals surface area contributed by atoms with Gasteiger partial charge in [-0.05, 0) is 38.0 Å². The molecule has 1 unspecified atom stereocenters. The van der Waals surface area contributed by atoms with E-state index in [2.05, 4.69) is 36.5 Å². The fourth-order valence-corrected chi connectivity index (χ4v) is 4.38. The van der Waals surface area contributed by atoms with Crippen LogP contribution in [-0.2, 0) is 21.9 Å². The first kappa shape index (κ1) is 25.6. The van der Waals surface area contributed by atoms with Crippen LogP contribution in [0.2, 0.25) is 10.0 Å². The summed E-state index contributed by atoms with van der Waals surface area (Å²) in [5.41, 5.74) is 3.01. The maximum absolute atomic E-state index is 13.1. The number of amides is 2. The van der Waals surface area contributed by atoms with Gasteiger partial charge in [-0.25, -0.2) is 0 Å². The summed E-state index contributed by atoms with van der Waals surface area (Å²) >= 11 is 14.2. The number of hydrogen-bond donors (Lipinski definition) is 1. The number of nitrogens with one attached hydrogen (secondary N) is 1. The second kappa shape index (κ2) is 13.0. The summed E-state index contributed by atoms with van der Waals surface area (Å²) in [5, 5.41) is 3.88. The maximum Gasteiger partial charge on any atom is 0.242 e. The second-order valence-corrected chi connectivity index (χ2v) is 9.32. The Bertz CT molecular complexity index is 854. The van der Waals surface area contributed by atoms with Crippen molar-refractivity contribution in [3.63, 3.8) is 0 Å². The maximum atomic E-state index is 13.1. The van der Waals surface area contributed by atoms with Crippen molar-refractivity contribution in [2.45, 2.75) is 52.0 Å². The van der Waals surface area contributed by atoms with Crippen molar-refractivity contribution in [2.75, 3.05) is 12.3 Å². The Labute approximate surface area is 199 Å². The fourth-order valence-electron chi connectivity index (χ4n) is 3.00. The molecule has 2 rings (SSSR count). The highest BCUT2D eigenvalue weighted by Gasteiger charge is 2.27. The number of halogens is 2. The van der Waals surface area contributed by atoms with Crippen molar-refractivity contribution in [1.29, 1.82) is 0 Å². The summed E-state index contributed by atoms with van der Waals surface area (Å²) in [6.45, 7) is 6.64. The molecule has 0 bridgehead atoms. The van der Waals surface area contributed by atoms with Crippen LogP contribution in [0.1, 0.15) is 43.4 Å². The molecule has 7 heteroatoms. The molecule has 1 atom stereocenters. The van der Waals surface area contributed by atoms with E-state index in [1.807, 2.05) is 6.92 Å². The van der Waals surface area contributed by atoms with Gasteiger partial charge in [0.25, 0.3) is 0 Å². The molecule has 0 spiro atoms. The van der Waals surface area contributed by atoms with E-state index < -0.39 is 6.04 Å². The molecular formula is C24H30Cl2N2O2S. The third kappa shape index (κ3) is 8.06. The van der Waals surface area contributed by atoms with Gasteiger partial charge in [0.2, 0.25) is 11.8 Å². The van der Waals surface area contributed by atoms with E-state index in [9.17, 15) is 9.59 Å². The average Bonchev–Trinajstić information content (AvgIpc) is 2.74. The molecule has 0 aliphatic heterocycles. The Morgan fingerprint density at radius 3 is 2.35 bits per heavy atom. The highest BCUT2D eigenvalue weighted by molar-refractivity contribution is 7.99. The van der Waals surface area contributed by atoms with E-state index in [-0.39, 0.29) is 24.1 Å². The first-order valence-corrected chi connectivity index (χ1v) is 12.4. The van der Waals surface area contributed by atoms with Gasteiger partial charge in [0.1, 0.15) is 6.04 Å². The highest BCUT2D eigenvalue weighted by atomic mass is 35.5. The summed E-state index contributed by atoms with van der Waals surface area (Å²) in [4.78, 5) is 27.4. The second-order valence-electron chi connectivity index (χ2n) is 7.52. The molecule has 0 aliphatic rings. The van der Waals surface area contributed by atoms with Gasteiger partial charge in [-0.15, -0.1) is 11.8 Å². The first-order chi connectivity index (χ1) is 14.8. The molecular weight excluding hydrogens is 451 g/mol. The zero-order chi connectivity index (χ0) is 22.8. The van der Waals surface area contributed by atoms with Gasteiger partial charge in [0.15, 0.2) is 0 Å². The lowest BCUT2D eigenvalue weighted by atomic mass is 10.1. The van der Waals surface area contributed by atoms with Crippen molar-refractivity contribution in [2.24, 2.45) is 0 Å². The molecule has 4 nitrogen and oxygen atoms in total. The van der Waals surface area contributed by atoms with E-state index in [0.29, 0.717) is 22.2 Å². The predicted molar refractivity (Wildman–Crippen MR) is 132 cm³/mol. The lowest BCUT2D eigenvalue weighted by Gasteiger charge is -2.29. The molecule has 0 saturated heterocycles. The quantitative estimate of drug-likeness (QED) is 0.409. The van der Waals surface area contributed by atoms with Gasteiger partial charge < -0.3 is 10.2 Å². The van der Waals surface area contributed by atoms with E-state index in [0.717, 1.165) is 24.2 Å². The Hall–Kier alpha value is -1.69. The molecule has 31 heavy (non-hydrogen) atoms.